The number of hydrogen-bond donors (Lipinski definition) is 2. The van der Waals surface area contributed by atoms with E-state index in [9.17, 15) is 19.8 Å². The Labute approximate surface area is 118 Å². The maximum Gasteiger partial charge on any atom is 0.340 e. The molecule has 0 saturated carbocycles. The summed E-state index contributed by atoms with van der Waals surface area (Å²) < 4.78 is 5.04. The molecule has 0 bridgehead atoms. The third-order valence-corrected chi connectivity index (χ3v) is 3.49. The Morgan fingerprint density at radius 1 is 1.10 bits per heavy atom. The van der Waals surface area contributed by atoms with Crippen molar-refractivity contribution in [2.45, 2.75) is 45.0 Å². The van der Waals surface area contributed by atoms with E-state index in [0.717, 1.165) is 6.92 Å². The van der Waals surface area contributed by atoms with Crippen LogP contribution in [0.1, 0.15) is 44.0 Å². The topological polar surface area (TPSA) is 83.8 Å². The first kappa shape index (κ1) is 16.3. The zero-order valence-corrected chi connectivity index (χ0v) is 11.9. The minimum absolute atomic E-state index is 0.0608. The van der Waals surface area contributed by atoms with Gasteiger partial charge in [0.25, 0.3) is 0 Å². The van der Waals surface area contributed by atoms with Crippen molar-refractivity contribution >= 4 is 11.8 Å². The van der Waals surface area contributed by atoms with Crippen molar-refractivity contribution in [1.29, 1.82) is 0 Å². The summed E-state index contributed by atoms with van der Waals surface area (Å²) in [6, 6.07) is 8.09. The van der Waals surface area contributed by atoms with Gasteiger partial charge in [-0.3, -0.25) is 4.79 Å². The Morgan fingerprint density at radius 2 is 1.65 bits per heavy atom. The molecule has 0 aromatic heterocycles. The van der Waals surface area contributed by atoms with Crippen LogP contribution in [0.2, 0.25) is 0 Å². The van der Waals surface area contributed by atoms with Gasteiger partial charge in [-0.2, -0.15) is 0 Å². The molecular weight excluding hydrogens is 260 g/mol. The number of carbonyl (C=O) groups is 2. The molecule has 110 valence electrons. The highest BCUT2D eigenvalue weighted by Crippen LogP contribution is 2.32. The van der Waals surface area contributed by atoms with Crippen LogP contribution in [0, 0.1) is 0 Å². The van der Waals surface area contributed by atoms with Crippen molar-refractivity contribution in [1.82, 2.24) is 0 Å². The summed E-state index contributed by atoms with van der Waals surface area (Å²) in [7, 11) is 0. The van der Waals surface area contributed by atoms with Gasteiger partial charge < -0.3 is 14.9 Å². The van der Waals surface area contributed by atoms with E-state index in [0.29, 0.717) is 0 Å². The third kappa shape index (κ3) is 2.89. The van der Waals surface area contributed by atoms with Crippen molar-refractivity contribution in [3.8, 4) is 0 Å². The highest BCUT2D eigenvalue weighted by molar-refractivity contribution is 5.91. The summed E-state index contributed by atoms with van der Waals surface area (Å²) in [4.78, 5) is 23.6. The van der Waals surface area contributed by atoms with Gasteiger partial charge in [0.15, 0.2) is 11.4 Å². The van der Waals surface area contributed by atoms with Crippen LogP contribution >= 0.6 is 0 Å². The van der Waals surface area contributed by atoms with Gasteiger partial charge in [-0.25, -0.2) is 4.79 Å². The Kier molecular flexibility index (Phi) is 5.03. The minimum Gasteiger partial charge on any atom is -0.426 e. The fourth-order valence-corrected chi connectivity index (χ4v) is 2.04. The first-order valence-corrected chi connectivity index (χ1v) is 6.55. The molecule has 2 atom stereocenters. The number of rotatable bonds is 6. The van der Waals surface area contributed by atoms with Gasteiger partial charge in [0.2, 0.25) is 5.79 Å². The number of Topliss-reactive ketones (excluding diaryl/α,β-unsaturated/α-hetero) is 1. The summed E-state index contributed by atoms with van der Waals surface area (Å²) in [6.07, 6.45) is -0.162. The number of hydrogen-bond acceptors (Lipinski definition) is 5. The molecule has 0 heterocycles. The number of esters is 1. The second-order valence-corrected chi connectivity index (χ2v) is 4.66. The lowest BCUT2D eigenvalue weighted by Gasteiger charge is -2.39. The first-order chi connectivity index (χ1) is 9.30. The lowest BCUT2D eigenvalue weighted by atomic mass is 9.84. The van der Waals surface area contributed by atoms with Crippen LogP contribution < -0.4 is 0 Å². The number of ketones is 1. The summed E-state index contributed by atoms with van der Waals surface area (Å²) in [6.45, 7) is 4.22. The summed E-state index contributed by atoms with van der Waals surface area (Å²) in [5.41, 5.74) is -1.88. The Morgan fingerprint density at radius 3 is 2.05 bits per heavy atom. The predicted octanol–water partition coefficient (Wildman–Crippen LogP) is 1.67. The monoisotopic (exact) mass is 280 g/mol. The maximum atomic E-state index is 12.0. The lowest BCUT2D eigenvalue weighted by Crippen LogP contribution is -2.60. The van der Waals surface area contributed by atoms with Gasteiger partial charge in [0.05, 0.1) is 5.56 Å². The minimum atomic E-state index is -2.25. The van der Waals surface area contributed by atoms with Crippen LogP contribution in [0.5, 0.6) is 0 Å². The van der Waals surface area contributed by atoms with E-state index in [1.54, 1.807) is 25.1 Å². The second kappa shape index (κ2) is 6.15. The van der Waals surface area contributed by atoms with E-state index in [1.165, 1.54) is 19.1 Å². The average molecular weight is 280 g/mol. The molecule has 0 spiro atoms. The quantitative estimate of drug-likeness (QED) is 0.611. The molecule has 0 aliphatic carbocycles. The third-order valence-electron chi connectivity index (χ3n) is 3.49. The molecule has 0 aliphatic rings. The first-order valence-electron chi connectivity index (χ1n) is 6.55. The van der Waals surface area contributed by atoms with E-state index < -0.39 is 23.1 Å². The second-order valence-electron chi connectivity index (χ2n) is 4.66. The number of benzene rings is 1. The Bertz CT molecular complexity index is 484. The molecule has 0 amide bonds. The van der Waals surface area contributed by atoms with Crippen molar-refractivity contribution < 1.29 is 24.5 Å². The molecule has 1 aromatic rings. The smallest absolute Gasteiger partial charge is 0.340 e. The molecular formula is C15H20O5. The molecule has 5 heteroatoms. The number of aliphatic hydroxyl groups is 2. The zero-order chi connectivity index (χ0) is 15.4. The van der Waals surface area contributed by atoms with E-state index in [4.69, 9.17) is 4.74 Å². The molecule has 2 N–H and O–H groups in total. The SMILES string of the molecule is CC[C@@](O)(C(C)=O)[C@](O)(CC)OC(=O)c1ccccc1. The normalized spacial score (nSPS) is 16.9. The molecule has 0 unspecified atom stereocenters. The van der Waals surface area contributed by atoms with E-state index in [1.807, 2.05) is 0 Å². The summed E-state index contributed by atoms with van der Waals surface area (Å²) in [5.74, 6) is -3.69. The highest BCUT2D eigenvalue weighted by atomic mass is 16.7. The molecule has 1 rings (SSSR count). The van der Waals surface area contributed by atoms with Gasteiger partial charge >= 0.3 is 5.97 Å². The van der Waals surface area contributed by atoms with Gasteiger partial charge in [0.1, 0.15) is 0 Å². The van der Waals surface area contributed by atoms with E-state index in [-0.39, 0.29) is 18.4 Å². The van der Waals surface area contributed by atoms with Crippen molar-refractivity contribution in [2.75, 3.05) is 0 Å². The van der Waals surface area contributed by atoms with Crippen LogP contribution in [0.15, 0.2) is 30.3 Å². The fraction of sp³-hybridized carbons (Fsp3) is 0.467. The van der Waals surface area contributed by atoms with Crippen molar-refractivity contribution in [3.63, 3.8) is 0 Å². The maximum absolute atomic E-state index is 12.0. The van der Waals surface area contributed by atoms with Gasteiger partial charge in [-0.1, -0.05) is 32.0 Å². The van der Waals surface area contributed by atoms with Crippen molar-refractivity contribution in [2.24, 2.45) is 0 Å². The molecule has 0 aliphatic heterocycles. The largest absolute Gasteiger partial charge is 0.426 e. The van der Waals surface area contributed by atoms with Crippen LogP contribution in [-0.2, 0) is 9.53 Å². The molecule has 5 nitrogen and oxygen atoms in total. The highest BCUT2D eigenvalue weighted by Gasteiger charge is 2.54. The van der Waals surface area contributed by atoms with E-state index >= 15 is 0 Å². The molecule has 20 heavy (non-hydrogen) atoms. The van der Waals surface area contributed by atoms with Crippen molar-refractivity contribution in [3.05, 3.63) is 35.9 Å². The fourth-order valence-electron chi connectivity index (χ4n) is 2.04. The van der Waals surface area contributed by atoms with E-state index in [2.05, 4.69) is 0 Å². The molecule has 0 fully saturated rings. The Hall–Kier alpha value is -1.72. The van der Waals surface area contributed by atoms with Gasteiger partial charge in [-0.05, 0) is 25.5 Å². The lowest BCUT2D eigenvalue weighted by molar-refractivity contribution is -0.264. The number of carbonyl (C=O) groups excluding carboxylic acids is 2. The van der Waals surface area contributed by atoms with Crippen LogP contribution in [0.3, 0.4) is 0 Å². The average Bonchev–Trinajstić information content (AvgIpc) is 2.46. The summed E-state index contributed by atoms with van der Waals surface area (Å²) >= 11 is 0. The molecule has 1 aromatic carbocycles. The van der Waals surface area contributed by atoms with Crippen LogP contribution in [0.25, 0.3) is 0 Å². The standard InChI is InChI=1S/C15H20O5/c1-4-14(18,11(3)16)15(19,5-2)20-13(17)12-9-7-6-8-10-12/h6-10,18-19H,4-5H2,1-3H3/t14-,15+/m1/s1. The Balaban J connectivity index is 3.07. The molecule has 0 radical (unpaired) electrons. The molecule has 0 saturated heterocycles. The number of ether oxygens (including phenoxy) is 1. The van der Waals surface area contributed by atoms with Gasteiger partial charge in [-0.15, -0.1) is 0 Å². The van der Waals surface area contributed by atoms with Crippen LogP contribution in [0.4, 0.5) is 0 Å². The van der Waals surface area contributed by atoms with Crippen LogP contribution in [-0.4, -0.2) is 33.4 Å². The van der Waals surface area contributed by atoms with Gasteiger partial charge in [0, 0.05) is 6.42 Å². The zero-order valence-electron chi connectivity index (χ0n) is 11.9. The predicted molar refractivity (Wildman–Crippen MR) is 73.0 cm³/mol. The summed E-state index contributed by atoms with van der Waals surface area (Å²) in [5, 5.41) is 20.8.